The van der Waals surface area contributed by atoms with Crippen molar-refractivity contribution in [3.63, 3.8) is 0 Å². The first-order valence-corrected chi connectivity index (χ1v) is 5.92. The number of hydrogen-bond acceptors (Lipinski definition) is 4. The van der Waals surface area contributed by atoms with Crippen LogP contribution < -0.4 is 10.5 Å². The molecule has 2 N–H and O–H groups in total. The Morgan fingerprint density at radius 1 is 1.17 bits per heavy atom. The van der Waals surface area contributed by atoms with Crippen LogP contribution in [0.15, 0.2) is 30.6 Å². The molecule has 0 atom stereocenters. The molecule has 0 unspecified atom stereocenters. The van der Waals surface area contributed by atoms with Crippen molar-refractivity contribution < 1.29 is 4.74 Å². The summed E-state index contributed by atoms with van der Waals surface area (Å²) in [7, 11) is 0. The van der Waals surface area contributed by atoms with E-state index in [1.165, 1.54) is 11.9 Å². The summed E-state index contributed by atoms with van der Waals surface area (Å²) in [6.07, 6.45) is 1.40. The summed E-state index contributed by atoms with van der Waals surface area (Å²) >= 11 is 0. The summed E-state index contributed by atoms with van der Waals surface area (Å²) in [5.41, 5.74) is 7.90. The minimum Gasteiger partial charge on any atom is -0.439 e. The Balaban J connectivity index is 2.30. The highest BCUT2D eigenvalue weighted by molar-refractivity contribution is 5.41. The Labute approximate surface area is 107 Å². The second kappa shape index (κ2) is 5.04. The number of rotatable bonds is 3. The second-order valence-corrected chi connectivity index (χ2v) is 4.56. The van der Waals surface area contributed by atoms with Gasteiger partial charge in [-0.1, -0.05) is 26.0 Å². The van der Waals surface area contributed by atoms with Gasteiger partial charge in [-0.3, -0.25) is 0 Å². The van der Waals surface area contributed by atoms with Crippen molar-refractivity contribution in [1.82, 2.24) is 9.97 Å². The smallest absolute Gasteiger partial charge is 0.224 e. The van der Waals surface area contributed by atoms with E-state index in [-0.39, 0.29) is 0 Å². The van der Waals surface area contributed by atoms with Crippen LogP contribution in [0, 0.1) is 6.92 Å². The molecule has 0 bridgehead atoms. The standard InChI is InChI=1S/C14H17N3O/c1-9(2)11-5-4-10(3)12(6-11)18-14-7-13(15)16-8-17-14/h4-9H,1-3H3,(H2,15,16,17). The number of anilines is 1. The third kappa shape index (κ3) is 2.77. The molecule has 0 spiro atoms. The molecule has 1 heterocycles. The lowest BCUT2D eigenvalue weighted by Crippen LogP contribution is -1.96. The van der Waals surface area contributed by atoms with Crippen LogP contribution in [0.5, 0.6) is 11.6 Å². The van der Waals surface area contributed by atoms with Gasteiger partial charge in [0.1, 0.15) is 17.9 Å². The number of nitrogen functional groups attached to an aromatic ring is 1. The van der Waals surface area contributed by atoms with Gasteiger partial charge in [-0.25, -0.2) is 9.97 Å². The lowest BCUT2D eigenvalue weighted by atomic mass is 10.0. The van der Waals surface area contributed by atoms with E-state index in [1.54, 1.807) is 6.07 Å². The molecule has 1 aromatic heterocycles. The van der Waals surface area contributed by atoms with E-state index >= 15 is 0 Å². The van der Waals surface area contributed by atoms with Crippen molar-refractivity contribution >= 4 is 5.82 Å². The molecular weight excluding hydrogens is 226 g/mol. The zero-order chi connectivity index (χ0) is 13.1. The molecule has 0 aliphatic rings. The summed E-state index contributed by atoms with van der Waals surface area (Å²) in [5.74, 6) is 2.13. The van der Waals surface area contributed by atoms with Gasteiger partial charge >= 0.3 is 0 Å². The van der Waals surface area contributed by atoms with E-state index in [1.807, 2.05) is 13.0 Å². The molecule has 4 heteroatoms. The van der Waals surface area contributed by atoms with Crippen molar-refractivity contribution in [3.05, 3.63) is 41.7 Å². The third-order valence-electron chi connectivity index (χ3n) is 2.76. The van der Waals surface area contributed by atoms with E-state index < -0.39 is 0 Å². The summed E-state index contributed by atoms with van der Waals surface area (Å²) < 4.78 is 5.75. The molecule has 4 nitrogen and oxygen atoms in total. The van der Waals surface area contributed by atoms with E-state index in [2.05, 4.69) is 35.9 Å². The maximum absolute atomic E-state index is 5.75. The van der Waals surface area contributed by atoms with Crippen LogP contribution in [0.3, 0.4) is 0 Å². The largest absolute Gasteiger partial charge is 0.439 e. The summed E-state index contributed by atoms with van der Waals surface area (Å²) in [6, 6.07) is 7.82. The van der Waals surface area contributed by atoms with Crippen molar-refractivity contribution in [3.8, 4) is 11.6 Å². The van der Waals surface area contributed by atoms with Gasteiger partial charge in [-0.15, -0.1) is 0 Å². The Hall–Kier alpha value is -2.10. The maximum Gasteiger partial charge on any atom is 0.224 e. The number of aromatic nitrogens is 2. The SMILES string of the molecule is Cc1ccc(C(C)C)cc1Oc1cc(N)ncn1. The predicted octanol–water partition coefficient (Wildman–Crippen LogP) is 3.28. The highest BCUT2D eigenvalue weighted by atomic mass is 16.5. The monoisotopic (exact) mass is 243 g/mol. The number of ether oxygens (including phenoxy) is 1. The molecule has 2 rings (SSSR count). The zero-order valence-corrected chi connectivity index (χ0v) is 10.8. The predicted molar refractivity (Wildman–Crippen MR) is 71.8 cm³/mol. The normalized spacial score (nSPS) is 10.7. The second-order valence-electron chi connectivity index (χ2n) is 4.56. The molecule has 0 aliphatic carbocycles. The van der Waals surface area contributed by atoms with Crippen LogP contribution >= 0.6 is 0 Å². The molecule has 0 saturated carbocycles. The van der Waals surface area contributed by atoms with Gasteiger partial charge in [0.15, 0.2) is 0 Å². The zero-order valence-electron chi connectivity index (χ0n) is 10.8. The number of aryl methyl sites for hydroxylation is 1. The average molecular weight is 243 g/mol. The van der Waals surface area contributed by atoms with Crippen molar-refractivity contribution in [2.24, 2.45) is 0 Å². The summed E-state index contributed by atoms with van der Waals surface area (Å²) in [4.78, 5) is 7.87. The maximum atomic E-state index is 5.75. The lowest BCUT2D eigenvalue weighted by molar-refractivity contribution is 0.457. The van der Waals surface area contributed by atoms with Crippen LogP contribution in [-0.2, 0) is 0 Å². The molecule has 94 valence electrons. The first-order valence-electron chi connectivity index (χ1n) is 5.92. The van der Waals surface area contributed by atoms with Crippen molar-refractivity contribution in [2.45, 2.75) is 26.7 Å². The van der Waals surface area contributed by atoms with Gasteiger partial charge in [0.2, 0.25) is 5.88 Å². The van der Waals surface area contributed by atoms with Gasteiger partial charge in [0, 0.05) is 6.07 Å². The number of nitrogens with two attached hydrogens (primary N) is 1. The van der Waals surface area contributed by atoms with Crippen molar-refractivity contribution in [1.29, 1.82) is 0 Å². The van der Waals surface area contributed by atoms with E-state index in [9.17, 15) is 0 Å². The van der Waals surface area contributed by atoms with E-state index in [0.717, 1.165) is 11.3 Å². The van der Waals surface area contributed by atoms with Crippen molar-refractivity contribution in [2.75, 3.05) is 5.73 Å². The van der Waals surface area contributed by atoms with E-state index in [4.69, 9.17) is 10.5 Å². The quantitative estimate of drug-likeness (QED) is 0.898. The van der Waals surface area contributed by atoms with Crippen LogP contribution in [-0.4, -0.2) is 9.97 Å². The highest BCUT2D eigenvalue weighted by Crippen LogP contribution is 2.27. The van der Waals surface area contributed by atoms with Gasteiger partial charge < -0.3 is 10.5 Å². The van der Waals surface area contributed by atoms with Crippen LogP contribution in [0.4, 0.5) is 5.82 Å². The fraction of sp³-hybridized carbons (Fsp3) is 0.286. The average Bonchev–Trinajstić information content (AvgIpc) is 2.31. The fourth-order valence-electron chi connectivity index (χ4n) is 1.61. The minimum atomic E-state index is 0.401. The highest BCUT2D eigenvalue weighted by Gasteiger charge is 2.07. The first-order chi connectivity index (χ1) is 8.56. The molecule has 0 radical (unpaired) electrons. The molecule has 0 amide bonds. The Morgan fingerprint density at radius 3 is 2.61 bits per heavy atom. The molecule has 0 aliphatic heterocycles. The fourth-order valence-corrected chi connectivity index (χ4v) is 1.61. The molecule has 0 saturated heterocycles. The Bertz CT molecular complexity index is 552. The number of hydrogen-bond donors (Lipinski definition) is 1. The summed E-state index contributed by atoms with van der Waals surface area (Å²) in [5, 5.41) is 0. The van der Waals surface area contributed by atoms with Gasteiger partial charge in [-0.2, -0.15) is 0 Å². The van der Waals surface area contributed by atoms with Crippen LogP contribution in [0.1, 0.15) is 30.9 Å². The molecule has 1 aromatic carbocycles. The summed E-state index contributed by atoms with van der Waals surface area (Å²) in [6.45, 7) is 6.30. The molecule has 2 aromatic rings. The molecule has 0 fully saturated rings. The molecule has 18 heavy (non-hydrogen) atoms. The Kier molecular flexibility index (Phi) is 3.46. The first kappa shape index (κ1) is 12.4. The van der Waals surface area contributed by atoms with E-state index in [0.29, 0.717) is 17.6 Å². The number of benzene rings is 1. The van der Waals surface area contributed by atoms with Crippen LogP contribution in [0.2, 0.25) is 0 Å². The minimum absolute atomic E-state index is 0.401. The topological polar surface area (TPSA) is 61.0 Å². The number of nitrogens with zero attached hydrogens (tertiary/aromatic N) is 2. The Morgan fingerprint density at radius 2 is 1.94 bits per heavy atom. The van der Waals surface area contributed by atoms with Gasteiger partial charge in [0.25, 0.3) is 0 Å². The molecular formula is C14H17N3O. The third-order valence-corrected chi connectivity index (χ3v) is 2.76. The van der Waals surface area contributed by atoms with Gasteiger partial charge in [-0.05, 0) is 30.0 Å². The van der Waals surface area contributed by atoms with Crippen LogP contribution in [0.25, 0.3) is 0 Å². The lowest BCUT2D eigenvalue weighted by Gasteiger charge is -2.11. The van der Waals surface area contributed by atoms with Gasteiger partial charge in [0.05, 0.1) is 0 Å².